The molecule has 0 spiro atoms. The summed E-state index contributed by atoms with van der Waals surface area (Å²) in [6.45, 7) is 2.81. The van der Waals surface area contributed by atoms with Gasteiger partial charge in [0.05, 0.1) is 6.61 Å². The highest BCUT2D eigenvalue weighted by atomic mass is 16.5. The summed E-state index contributed by atoms with van der Waals surface area (Å²) in [5.41, 5.74) is 4.18. The number of hydrogen-bond acceptors (Lipinski definition) is 3. The zero-order chi connectivity index (χ0) is 13.5. The molecular weight excluding hydrogens is 236 g/mol. The summed E-state index contributed by atoms with van der Waals surface area (Å²) < 4.78 is 5.79. The Morgan fingerprint density at radius 3 is 2.84 bits per heavy atom. The fourth-order valence-electron chi connectivity index (χ4n) is 2.94. The van der Waals surface area contributed by atoms with Crippen molar-refractivity contribution < 1.29 is 4.74 Å². The van der Waals surface area contributed by atoms with E-state index >= 15 is 0 Å². The van der Waals surface area contributed by atoms with Gasteiger partial charge in [-0.15, -0.1) is 0 Å². The molecule has 0 saturated heterocycles. The van der Waals surface area contributed by atoms with Crippen molar-refractivity contribution in [3.8, 4) is 5.75 Å². The largest absolute Gasteiger partial charge is 0.494 e. The molecule has 1 aromatic carbocycles. The van der Waals surface area contributed by atoms with Crippen LogP contribution in [0, 0.1) is 12.8 Å². The van der Waals surface area contributed by atoms with E-state index in [1.54, 1.807) is 0 Å². The first-order chi connectivity index (χ1) is 9.28. The van der Waals surface area contributed by atoms with E-state index in [1.165, 1.54) is 37.7 Å². The molecular formula is C16H26N2O. The van der Waals surface area contributed by atoms with E-state index < -0.39 is 0 Å². The van der Waals surface area contributed by atoms with Gasteiger partial charge in [0.2, 0.25) is 0 Å². The van der Waals surface area contributed by atoms with E-state index in [2.05, 4.69) is 24.5 Å². The fourth-order valence-corrected chi connectivity index (χ4v) is 2.94. The summed E-state index contributed by atoms with van der Waals surface area (Å²) in [6.07, 6.45) is 7.69. The van der Waals surface area contributed by atoms with Crippen LogP contribution in [0.25, 0.3) is 0 Å². The zero-order valence-corrected chi connectivity index (χ0v) is 11.9. The second-order valence-electron chi connectivity index (χ2n) is 5.70. The third kappa shape index (κ3) is 4.84. The summed E-state index contributed by atoms with van der Waals surface area (Å²) in [5.74, 6) is 7.47. The SMILES string of the molecule is Cc1cccc(OCCC(CC2CCCC2)NN)c1. The molecule has 0 bridgehead atoms. The van der Waals surface area contributed by atoms with Gasteiger partial charge in [0.25, 0.3) is 0 Å². The van der Waals surface area contributed by atoms with Gasteiger partial charge in [-0.2, -0.15) is 0 Å². The van der Waals surface area contributed by atoms with Gasteiger partial charge >= 0.3 is 0 Å². The minimum atomic E-state index is 0.382. The van der Waals surface area contributed by atoms with Crippen molar-refractivity contribution in [1.82, 2.24) is 5.43 Å². The number of nitrogens with two attached hydrogens (primary N) is 1. The Labute approximate surface area is 116 Å². The summed E-state index contributed by atoms with van der Waals surface area (Å²) in [5, 5.41) is 0. The highest BCUT2D eigenvalue weighted by molar-refractivity contribution is 5.27. The van der Waals surface area contributed by atoms with Crippen molar-refractivity contribution in [1.29, 1.82) is 0 Å². The number of aryl methyl sites for hydroxylation is 1. The van der Waals surface area contributed by atoms with Crippen LogP contribution in [0.5, 0.6) is 5.75 Å². The quantitative estimate of drug-likeness (QED) is 0.586. The van der Waals surface area contributed by atoms with Crippen molar-refractivity contribution in [3.05, 3.63) is 29.8 Å². The molecule has 3 nitrogen and oxygen atoms in total. The molecule has 1 aromatic rings. The predicted octanol–water partition coefficient (Wildman–Crippen LogP) is 3.18. The van der Waals surface area contributed by atoms with Crippen LogP contribution in [0.3, 0.4) is 0 Å². The fraction of sp³-hybridized carbons (Fsp3) is 0.625. The molecule has 0 aliphatic heterocycles. The Morgan fingerprint density at radius 2 is 2.16 bits per heavy atom. The lowest BCUT2D eigenvalue weighted by molar-refractivity contribution is 0.268. The maximum Gasteiger partial charge on any atom is 0.119 e. The van der Waals surface area contributed by atoms with E-state index in [1.807, 2.05) is 12.1 Å². The summed E-state index contributed by atoms with van der Waals surface area (Å²) >= 11 is 0. The van der Waals surface area contributed by atoms with Crippen LogP contribution in [0.4, 0.5) is 0 Å². The average molecular weight is 262 g/mol. The van der Waals surface area contributed by atoms with E-state index in [4.69, 9.17) is 10.6 Å². The van der Waals surface area contributed by atoms with Gasteiger partial charge in [-0.3, -0.25) is 11.3 Å². The standard InChI is InChI=1S/C16H26N2O/c1-13-5-4-8-16(11-13)19-10-9-15(18-17)12-14-6-2-3-7-14/h4-5,8,11,14-15,18H,2-3,6-7,9-10,12,17H2,1H3. The lowest BCUT2D eigenvalue weighted by Gasteiger charge is -2.19. The molecule has 1 saturated carbocycles. The van der Waals surface area contributed by atoms with Crippen LogP contribution >= 0.6 is 0 Å². The van der Waals surface area contributed by atoms with Gasteiger partial charge in [-0.25, -0.2) is 0 Å². The Kier molecular flexibility index (Phi) is 5.67. The predicted molar refractivity (Wildman–Crippen MR) is 79.0 cm³/mol. The molecule has 3 heteroatoms. The molecule has 3 N–H and O–H groups in total. The molecule has 1 aliphatic carbocycles. The van der Waals surface area contributed by atoms with Crippen molar-refractivity contribution >= 4 is 0 Å². The van der Waals surface area contributed by atoms with Gasteiger partial charge in [0, 0.05) is 6.04 Å². The minimum Gasteiger partial charge on any atom is -0.494 e. The number of hydrazine groups is 1. The highest BCUT2D eigenvalue weighted by Gasteiger charge is 2.19. The second-order valence-corrected chi connectivity index (χ2v) is 5.70. The molecule has 0 heterocycles. The van der Waals surface area contributed by atoms with Gasteiger partial charge in [0.15, 0.2) is 0 Å². The molecule has 0 radical (unpaired) electrons. The molecule has 1 atom stereocenters. The Morgan fingerprint density at radius 1 is 1.37 bits per heavy atom. The van der Waals surface area contributed by atoms with Gasteiger partial charge < -0.3 is 4.74 Å². The number of rotatable bonds is 7. The molecule has 19 heavy (non-hydrogen) atoms. The lowest BCUT2D eigenvalue weighted by Crippen LogP contribution is -2.37. The van der Waals surface area contributed by atoms with E-state index in [0.717, 1.165) is 24.7 Å². The number of nitrogens with one attached hydrogen (secondary N) is 1. The third-order valence-electron chi connectivity index (χ3n) is 4.05. The summed E-state index contributed by atoms with van der Waals surface area (Å²) in [4.78, 5) is 0. The zero-order valence-electron chi connectivity index (χ0n) is 11.9. The average Bonchev–Trinajstić information content (AvgIpc) is 2.90. The topological polar surface area (TPSA) is 47.3 Å². The van der Waals surface area contributed by atoms with Crippen molar-refractivity contribution in [2.45, 2.75) is 51.5 Å². The van der Waals surface area contributed by atoms with Crippen molar-refractivity contribution in [2.24, 2.45) is 11.8 Å². The third-order valence-corrected chi connectivity index (χ3v) is 4.05. The van der Waals surface area contributed by atoms with Gasteiger partial charge in [-0.1, -0.05) is 37.8 Å². The van der Waals surface area contributed by atoms with Gasteiger partial charge in [0.1, 0.15) is 5.75 Å². The summed E-state index contributed by atoms with van der Waals surface area (Å²) in [7, 11) is 0. The molecule has 0 amide bonds. The molecule has 2 rings (SSSR count). The van der Waals surface area contributed by atoms with Crippen LogP contribution in [0.15, 0.2) is 24.3 Å². The second kappa shape index (κ2) is 7.51. The van der Waals surface area contributed by atoms with Crippen LogP contribution in [0.1, 0.15) is 44.1 Å². The van der Waals surface area contributed by atoms with Crippen LogP contribution < -0.4 is 16.0 Å². The summed E-state index contributed by atoms with van der Waals surface area (Å²) in [6, 6.07) is 8.57. The van der Waals surface area contributed by atoms with Crippen molar-refractivity contribution in [2.75, 3.05) is 6.61 Å². The number of hydrogen-bond donors (Lipinski definition) is 2. The lowest BCUT2D eigenvalue weighted by atomic mass is 9.97. The first-order valence-corrected chi connectivity index (χ1v) is 7.43. The van der Waals surface area contributed by atoms with Crippen LogP contribution in [-0.2, 0) is 0 Å². The molecule has 0 aromatic heterocycles. The molecule has 1 fully saturated rings. The number of benzene rings is 1. The smallest absolute Gasteiger partial charge is 0.119 e. The molecule has 1 unspecified atom stereocenters. The monoisotopic (exact) mass is 262 g/mol. The molecule has 1 aliphatic rings. The Bertz CT molecular complexity index is 375. The van der Waals surface area contributed by atoms with Crippen LogP contribution in [-0.4, -0.2) is 12.6 Å². The first kappa shape index (κ1) is 14.4. The van der Waals surface area contributed by atoms with E-state index in [-0.39, 0.29) is 0 Å². The number of ether oxygens (including phenoxy) is 1. The maximum absolute atomic E-state index is 5.79. The minimum absolute atomic E-state index is 0.382. The molecule has 106 valence electrons. The normalized spacial score (nSPS) is 17.6. The van der Waals surface area contributed by atoms with Crippen LogP contribution in [0.2, 0.25) is 0 Å². The highest BCUT2D eigenvalue weighted by Crippen LogP contribution is 2.29. The van der Waals surface area contributed by atoms with E-state index in [9.17, 15) is 0 Å². The van der Waals surface area contributed by atoms with Gasteiger partial charge in [-0.05, 0) is 43.4 Å². The maximum atomic E-state index is 5.79. The Hall–Kier alpha value is -1.06. The van der Waals surface area contributed by atoms with E-state index in [0.29, 0.717) is 6.04 Å². The van der Waals surface area contributed by atoms with Crippen molar-refractivity contribution in [3.63, 3.8) is 0 Å². The first-order valence-electron chi connectivity index (χ1n) is 7.43. The Balaban J connectivity index is 1.70.